The van der Waals surface area contributed by atoms with Gasteiger partial charge in [-0.05, 0) is 35.7 Å². The third kappa shape index (κ3) is 2.53. The van der Waals surface area contributed by atoms with Crippen LogP contribution >= 0.6 is 0 Å². The smallest absolute Gasteiger partial charge is 0.267 e. The first-order valence-corrected chi connectivity index (χ1v) is 8.66. The van der Waals surface area contributed by atoms with Crippen molar-refractivity contribution >= 4 is 16.7 Å². The van der Waals surface area contributed by atoms with Gasteiger partial charge >= 0.3 is 0 Å². The summed E-state index contributed by atoms with van der Waals surface area (Å²) in [6, 6.07) is 8.91. The molecule has 0 aliphatic carbocycles. The van der Waals surface area contributed by atoms with Gasteiger partial charge in [0, 0.05) is 10.9 Å². The molecular formula is C20H16N2O6. The maximum absolute atomic E-state index is 11.9. The van der Waals surface area contributed by atoms with E-state index >= 15 is 0 Å². The third-order valence-corrected chi connectivity index (χ3v) is 4.68. The highest BCUT2D eigenvalue weighted by molar-refractivity contribution is 6.02. The maximum Gasteiger partial charge on any atom is 0.267 e. The summed E-state index contributed by atoms with van der Waals surface area (Å²) >= 11 is 0. The molecule has 1 aromatic heterocycles. The number of benzene rings is 2. The number of primary amides is 1. The van der Waals surface area contributed by atoms with E-state index in [0.29, 0.717) is 53.2 Å². The summed E-state index contributed by atoms with van der Waals surface area (Å²) in [5.74, 6) is 2.23. The van der Waals surface area contributed by atoms with Crippen molar-refractivity contribution in [1.29, 1.82) is 0 Å². The van der Waals surface area contributed by atoms with Crippen LogP contribution < -0.4 is 29.4 Å². The number of hydrogen-bond acceptors (Lipinski definition) is 7. The molecule has 0 saturated heterocycles. The Bertz CT molecular complexity index is 1130. The molecule has 2 aromatic carbocycles. The molecule has 0 radical (unpaired) electrons. The van der Waals surface area contributed by atoms with Gasteiger partial charge in [0.05, 0.1) is 12.8 Å². The second-order valence-electron chi connectivity index (χ2n) is 6.35. The lowest BCUT2D eigenvalue weighted by atomic mass is 10.0. The molecule has 2 aliphatic heterocycles. The van der Waals surface area contributed by atoms with Crippen LogP contribution in [0.25, 0.3) is 22.0 Å². The lowest BCUT2D eigenvalue weighted by Gasteiger charge is -2.20. The highest BCUT2D eigenvalue weighted by atomic mass is 16.7. The van der Waals surface area contributed by atoms with Crippen LogP contribution in [0.1, 0.15) is 10.5 Å². The summed E-state index contributed by atoms with van der Waals surface area (Å²) in [6.45, 7) is 1.06. The van der Waals surface area contributed by atoms with Crippen LogP contribution in [0.5, 0.6) is 28.7 Å². The molecule has 2 aliphatic rings. The first-order chi connectivity index (χ1) is 13.6. The Balaban J connectivity index is 1.79. The molecule has 8 nitrogen and oxygen atoms in total. The van der Waals surface area contributed by atoms with Crippen molar-refractivity contribution in [3.05, 3.63) is 36.0 Å². The van der Waals surface area contributed by atoms with Gasteiger partial charge in [0.15, 0.2) is 23.0 Å². The predicted octanol–water partition coefficient (Wildman–Crippen LogP) is 2.51. The SMILES string of the molecule is COc1cc(-c2nc(C(N)=O)cc3cc4c(cc23)OCCO4)cc2c1OCO2. The second kappa shape index (κ2) is 6.19. The van der Waals surface area contributed by atoms with Crippen molar-refractivity contribution in [3.63, 3.8) is 0 Å². The number of nitrogens with two attached hydrogens (primary N) is 1. The van der Waals surface area contributed by atoms with E-state index < -0.39 is 5.91 Å². The predicted molar refractivity (Wildman–Crippen MR) is 99.4 cm³/mol. The number of carbonyl (C=O) groups is 1. The molecule has 3 heterocycles. The number of fused-ring (bicyclic) bond motifs is 3. The van der Waals surface area contributed by atoms with Gasteiger partial charge in [-0.15, -0.1) is 0 Å². The molecule has 0 atom stereocenters. The molecule has 142 valence electrons. The van der Waals surface area contributed by atoms with E-state index in [4.69, 9.17) is 29.4 Å². The first kappa shape index (κ1) is 16.5. The highest BCUT2D eigenvalue weighted by Gasteiger charge is 2.23. The van der Waals surface area contributed by atoms with Crippen molar-refractivity contribution in [2.24, 2.45) is 5.73 Å². The monoisotopic (exact) mass is 380 g/mol. The molecular weight excluding hydrogens is 364 g/mol. The zero-order valence-electron chi connectivity index (χ0n) is 15.0. The molecule has 8 heteroatoms. The molecule has 5 rings (SSSR count). The van der Waals surface area contributed by atoms with Crippen LogP contribution in [-0.4, -0.2) is 38.0 Å². The molecule has 0 bridgehead atoms. The Labute approximate surface area is 159 Å². The summed E-state index contributed by atoms with van der Waals surface area (Å²) in [5, 5.41) is 1.55. The van der Waals surface area contributed by atoms with E-state index in [1.807, 2.05) is 12.1 Å². The fourth-order valence-electron chi connectivity index (χ4n) is 3.40. The van der Waals surface area contributed by atoms with Crippen molar-refractivity contribution in [2.75, 3.05) is 27.1 Å². The number of rotatable bonds is 3. The minimum atomic E-state index is -0.620. The van der Waals surface area contributed by atoms with Crippen molar-refractivity contribution in [3.8, 4) is 40.0 Å². The van der Waals surface area contributed by atoms with E-state index in [0.717, 1.165) is 10.8 Å². The maximum atomic E-state index is 11.9. The molecule has 0 saturated carbocycles. The Kier molecular flexibility index (Phi) is 3.65. The second-order valence-corrected chi connectivity index (χ2v) is 6.35. The number of ether oxygens (including phenoxy) is 5. The van der Waals surface area contributed by atoms with E-state index in [1.54, 1.807) is 25.3 Å². The zero-order valence-corrected chi connectivity index (χ0v) is 15.0. The lowest BCUT2D eigenvalue weighted by Crippen LogP contribution is -2.16. The number of carbonyl (C=O) groups excluding carboxylic acids is 1. The third-order valence-electron chi connectivity index (χ3n) is 4.68. The summed E-state index contributed by atoms with van der Waals surface area (Å²) in [5.41, 5.74) is 6.91. The quantitative estimate of drug-likeness (QED) is 0.745. The molecule has 0 unspecified atom stereocenters. The Morgan fingerprint density at radius 3 is 2.54 bits per heavy atom. The van der Waals surface area contributed by atoms with E-state index in [2.05, 4.69) is 4.98 Å². The number of aromatic nitrogens is 1. The van der Waals surface area contributed by atoms with Crippen LogP contribution in [0.15, 0.2) is 30.3 Å². The average Bonchev–Trinajstić information content (AvgIpc) is 3.19. The number of amides is 1. The van der Waals surface area contributed by atoms with Crippen molar-refractivity contribution in [2.45, 2.75) is 0 Å². The summed E-state index contributed by atoms with van der Waals surface area (Å²) in [4.78, 5) is 16.4. The molecule has 0 spiro atoms. The Morgan fingerprint density at radius 2 is 1.79 bits per heavy atom. The van der Waals surface area contributed by atoms with E-state index in [1.165, 1.54) is 0 Å². The molecule has 0 fully saturated rings. The minimum Gasteiger partial charge on any atom is -0.493 e. The summed E-state index contributed by atoms with van der Waals surface area (Å²) in [6.07, 6.45) is 0. The van der Waals surface area contributed by atoms with Crippen molar-refractivity contribution in [1.82, 2.24) is 4.98 Å². The van der Waals surface area contributed by atoms with Gasteiger partial charge in [0.2, 0.25) is 12.5 Å². The molecule has 28 heavy (non-hydrogen) atoms. The van der Waals surface area contributed by atoms with Crippen molar-refractivity contribution < 1.29 is 28.5 Å². The molecule has 1 amide bonds. The van der Waals surface area contributed by atoms with Gasteiger partial charge < -0.3 is 29.4 Å². The fraction of sp³-hybridized carbons (Fsp3) is 0.200. The highest BCUT2D eigenvalue weighted by Crippen LogP contribution is 2.46. The molecule has 2 N–H and O–H groups in total. The van der Waals surface area contributed by atoms with Gasteiger partial charge in [0.25, 0.3) is 5.91 Å². The number of pyridine rings is 1. The standard InChI is InChI=1S/C20H16N2O6/c1-24-16-6-11(7-17-19(16)28-9-27-17)18-12-8-15-14(25-2-3-26-15)5-10(12)4-13(22-18)20(21)23/h4-8H,2-3,9H2,1H3,(H2,21,23). The van der Waals surface area contributed by atoms with Gasteiger partial charge in [-0.25, -0.2) is 4.98 Å². The van der Waals surface area contributed by atoms with E-state index in [-0.39, 0.29) is 12.5 Å². The number of nitrogens with zero attached hydrogens (tertiary/aromatic N) is 1. The number of methoxy groups -OCH3 is 1. The fourth-order valence-corrected chi connectivity index (χ4v) is 3.40. The number of hydrogen-bond donors (Lipinski definition) is 1. The van der Waals surface area contributed by atoms with Crippen LogP contribution in [-0.2, 0) is 0 Å². The Morgan fingerprint density at radius 1 is 1.00 bits per heavy atom. The molecule has 3 aromatic rings. The van der Waals surface area contributed by atoms with Gasteiger partial charge in [0.1, 0.15) is 18.9 Å². The average molecular weight is 380 g/mol. The summed E-state index contributed by atoms with van der Waals surface area (Å²) in [7, 11) is 1.55. The van der Waals surface area contributed by atoms with Crippen LogP contribution in [0.3, 0.4) is 0 Å². The minimum absolute atomic E-state index is 0.114. The van der Waals surface area contributed by atoms with Crippen LogP contribution in [0.2, 0.25) is 0 Å². The Hall–Kier alpha value is -3.68. The van der Waals surface area contributed by atoms with Gasteiger partial charge in [-0.2, -0.15) is 0 Å². The normalized spacial score (nSPS) is 14.2. The lowest BCUT2D eigenvalue weighted by molar-refractivity contribution is 0.0996. The summed E-state index contributed by atoms with van der Waals surface area (Å²) < 4.78 is 27.8. The van der Waals surface area contributed by atoms with Gasteiger partial charge in [-0.3, -0.25) is 4.79 Å². The van der Waals surface area contributed by atoms with Crippen LogP contribution in [0.4, 0.5) is 0 Å². The topological polar surface area (TPSA) is 102 Å². The van der Waals surface area contributed by atoms with E-state index in [9.17, 15) is 4.79 Å². The largest absolute Gasteiger partial charge is 0.493 e. The van der Waals surface area contributed by atoms with Crippen LogP contribution in [0, 0.1) is 0 Å². The first-order valence-electron chi connectivity index (χ1n) is 8.66. The van der Waals surface area contributed by atoms with Gasteiger partial charge in [-0.1, -0.05) is 0 Å². The zero-order chi connectivity index (χ0) is 19.3.